The number of anilines is 1. The summed E-state index contributed by atoms with van der Waals surface area (Å²) in [6.45, 7) is 7.53. The van der Waals surface area contributed by atoms with E-state index in [4.69, 9.17) is 4.74 Å². The van der Waals surface area contributed by atoms with Crippen molar-refractivity contribution in [1.82, 2.24) is 4.98 Å². The molecular weight excluding hydrogens is 216 g/mol. The van der Waals surface area contributed by atoms with Gasteiger partial charge in [-0.25, -0.2) is 0 Å². The van der Waals surface area contributed by atoms with Crippen molar-refractivity contribution in [2.75, 3.05) is 25.2 Å². The quantitative estimate of drug-likeness (QED) is 0.823. The maximum absolute atomic E-state index is 9.41. The predicted molar refractivity (Wildman–Crippen MR) is 69.2 cm³/mol. The standard InChI is InChI=1S/C13H22N2O2/c1-5-15(10(2)9-17-4)12-6-7-13(11(3)16)14-8-12/h6-8,10-11,16H,5,9H2,1-4H3. The summed E-state index contributed by atoms with van der Waals surface area (Å²) in [5.74, 6) is 0. The van der Waals surface area contributed by atoms with E-state index < -0.39 is 6.10 Å². The van der Waals surface area contributed by atoms with Crippen LogP contribution in [0.25, 0.3) is 0 Å². The SMILES string of the molecule is CCN(c1ccc(C(C)O)nc1)C(C)COC. The van der Waals surface area contributed by atoms with Crippen molar-refractivity contribution in [2.24, 2.45) is 0 Å². The molecule has 0 amide bonds. The minimum absolute atomic E-state index is 0.309. The number of ether oxygens (including phenoxy) is 1. The Balaban J connectivity index is 2.82. The van der Waals surface area contributed by atoms with Crippen molar-refractivity contribution in [1.29, 1.82) is 0 Å². The zero-order valence-electron chi connectivity index (χ0n) is 11.1. The smallest absolute Gasteiger partial charge is 0.0931 e. The normalized spacial score (nSPS) is 14.4. The van der Waals surface area contributed by atoms with E-state index >= 15 is 0 Å². The monoisotopic (exact) mass is 238 g/mol. The van der Waals surface area contributed by atoms with Gasteiger partial charge in [0.2, 0.25) is 0 Å². The molecule has 0 fully saturated rings. The van der Waals surface area contributed by atoms with Gasteiger partial charge < -0.3 is 14.7 Å². The topological polar surface area (TPSA) is 45.6 Å². The third-order valence-electron chi connectivity index (χ3n) is 2.81. The lowest BCUT2D eigenvalue weighted by atomic mass is 10.2. The summed E-state index contributed by atoms with van der Waals surface area (Å²) in [5, 5.41) is 9.41. The number of aliphatic hydroxyl groups is 1. The predicted octanol–water partition coefficient (Wildman–Crippen LogP) is 2.00. The molecule has 0 bridgehead atoms. The third-order valence-corrected chi connectivity index (χ3v) is 2.81. The van der Waals surface area contributed by atoms with Gasteiger partial charge in [0.05, 0.1) is 30.3 Å². The molecule has 4 nitrogen and oxygen atoms in total. The van der Waals surface area contributed by atoms with Crippen LogP contribution in [0, 0.1) is 0 Å². The van der Waals surface area contributed by atoms with E-state index in [0.29, 0.717) is 18.3 Å². The van der Waals surface area contributed by atoms with Gasteiger partial charge in [-0.05, 0) is 32.9 Å². The van der Waals surface area contributed by atoms with Crippen molar-refractivity contribution in [3.63, 3.8) is 0 Å². The summed E-state index contributed by atoms with van der Waals surface area (Å²) in [4.78, 5) is 6.48. The highest BCUT2D eigenvalue weighted by Gasteiger charge is 2.13. The molecular formula is C13H22N2O2. The first kappa shape index (κ1) is 13.9. The van der Waals surface area contributed by atoms with Gasteiger partial charge in [0, 0.05) is 19.7 Å². The van der Waals surface area contributed by atoms with Crippen LogP contribution in [-0.2, 0) is 4.74 Å². The number of methoxy groups -OCH3 is 1. The number of pyridine rings is 1. The number of rotatable bonds is 6. The number of likely N-dealkylation sites (N-methyl/N-ethyl adjacent to an activating group) is 1. The van der Waals surface area contributed by atoms with Gasteiger partial charge in [-0.1, -0.05) is 0 Å². The molecule has 0 saturated carbocycles. The molecule has 0 radical (unpaired) electrons. The Labute approximate surface area is 103 Å². The van der Waals surface area contributed by atoms with Gasteiger partial charge in [-0.3, -0.25) is 4.98 Å². The summed E-state index contributed by atoms with van der Waals surface area (Å²) >= 11 is 0. The van der Waals surface area contributed by atoms with Crippen molar-refractivity contribution < 1.29 is 9.84 Å². The second-order valence-corrected chi connectivity index (χ2v) is 4.21. The minimum atomic E-state index is -0.518. The van der Waals surface area contributed by atoms with Gasteiger partial charge in [-0.15, -0.1) is 0 Å². The maximum atomic E-state index is 9.41. The molecule has 1 N–H and O–H groups in total. The molecule has 1 rings (SSSR count). The van der Waals surface area contributed by atoms with E-state index in [1.165, 1.54) is 0 Å². The second-order valence-electron chi connectivity index (χ2n) is 4.21. The van der Waals surface area contributed by atoms with E-state index in [0.717, 1.165) is 12.2 Å². The highest BCUT2D eigenvalue weighted by molar-refractivity contribution is 5.45. The van der Waals surface area contributed by atoms with E-state index in [9.17, 15) is 5.11 Å². The fourth-order valence-corrected chi connectivity index (χ4v) is 1.89. The molecule has 96 valence electrons. The summed E-state index contributed by atoms with van der Waals surface area (Å²) in [5.41, 5.74) is 1.76. The number of hydrogen-bond donors (Lipinski definition) is 1. The number of aromatic nitrogens is 1. The van der Waals surface area contributed by atoms with Crippen LogP contribution in [0.5, 0.6) is 0 Å². The first-order valence-electron chi connectivity index (χ1n) is 5.99. The van der Waals surface area contributed by atoms with Crippen molar-refractivity contribution in [3.05, 3.63) is 24.0 Å². The van der Waals surface area contributed by atoms with Gasteiger partial charge in [-0.2, -0.15) is 0 Å². The summed E-state index contributed by atoms with van der Waals surface area (Å²) in [7, 11) is 1.71. The van der Waals surface area contributed by atoms with Crippen molar-refractivity contribution >= 4 is 5.69 Å². The zero-order valence-corrected chi connectivity index (χ0v) is 11.1. The molecule has 4 heteroatoms. The van der Waals surface area contributed by atoms with Crippen LogP contribution in [0.1, 0.15) is 32.6 Å². The molecule has 0 aliphatic rings. The fraction of sp³-hybridized carbons (Fsp3) is 0.615. The van der Waals surface area contributed by atoms with E-state index in [1.807, 2.05) is 12.1 Å². The molecule has 1 aromatic heterocycles. The summed E-state index contributed by atoms with van der Waals surface area (Å²) in [6, 6.07) is 4.16. The van der Waals surface area contributed by atoms with Gasteiger partial charge in [0.15, 0.2) is 0 Å². The van der Waals surface area contributed by atoms with Gasteiger partial charge in [0.25, 0.3) is 0 Å². The lowest BCUT2D eigenvalue weighted by molar-refractivity contribution is 0.182. The van der Waals surface area contributed by atoms with Gasteiger partial charge >= 0.3 is 0 Å². The average Bonchev–Trinajstić information content (AvgIpc) is 2.31. The van der Waals surface area contributed by atoms with Gasteiger partial charge in [0.1, 0.15) is 0 Å². The third kappa shape index (κ3) is 3.68. The Kier molecular flexibility index (Phi) is 5.38. The first-order valence-corrected chi connectivity index (χ1v) is 5.99. The number of nitrogens with zero attached hydrogens (tertiary/aromatic N) is 2. The lowest BCUT2D eigenvalue weighted by Gasteiger charge is -2.29. The van der Waals surface area contributed by atoms with Crippen LogP contribution in [0.4, 0.5) is 5.69 Å². The zero-order chi connectivity index (χ0) is 12.8. The van der Waals surface area contributed by atoms with E-state index in [1.54, 1.807) is 20.2 Å². The molecule has 2 unspecified atom stereocenters. The molecule has 0 saturated heterocycles. The Hall–Kier alpha value is -1.13. The first-order chi connectivity index (χ1) is 8.10. The fourth-order valence-electron chi connectivity index (χ4n) is 1.89. The second kappa shape index (κ2) is 6.57. The maximum Gasteiger partial charge on any atom is 0.0931 e. The van der Waals surface area contributed by atoms with Crippen LogP contribution in [-0.4, -0.2) is 36.4 Å². The van der Waals surface area contributed by atoms with Crippen molar-refractivity contribution in [2.45, 2.75) is 32.9 Å². The Morgan fingerprint density at radius 1 is 1.41 bits per heavy atom. The number of hydrogen-bond acceptors (Lipinski definition) is 4. The molecule has 0 aliphatic heterocycles. The molecule has 0 aliphatic carbocycles. The highest BCUT2D eigenvalue weighted by atomic mass is 16.5. The van der Waals surface area contributed by atoms with Crippen LogP contribution < -0.4 is 4.90 Å². The molecule has 17 heavy (non-hydrogen) atoms. The number of aliphatic hydroxyl groups excluding tert-OH is 1. The van der Waals surface area contributed by atoms with Crippen LogP contribution >= 0.6 is 0 Å². The molecule has 1 heterocycles. The van der Waals surface area contributed by atoms with Crippen LogP contribution in [0.15, 0.2) is 18.3 Å². The molecule has 0 spiro atoms. The van der Waals surface area contributed by atoms with Crippen LogP contribution in [0.2, 0.25) is 0 Å². The minimum Gasteiger partial charge on any atom is -0.387 e. The van der Waals surface area contributed by atoms with E-state index in [-0.39, 0.29) is 0 Å². The summed E-state index contributed by atoms with van der Waals surface area (Å²) in [6.07, 6.45) is 1.29. The molecule has 0 aromatic carbocycles. The molecule has 1 aromatic rings. The van der Waals surface area contributed by atoms with Crippen LogP contribution in [0.3, 0.4) is 0 Å². The Morgan fingerprint density at radius 3 is 2.53 bits per heavy atom. The average molecular weight is 238 g/mol. The van der Waals surface area contributed by atoms with E-state index in [2.05, 4.69) is 23.7 Å². The largest absolute Gasteiger partial charge is 0.387 e. The van der Waals surface area contributed by atoms with Crippen molar-refractivity contribution in [3.8, 4) is 0 Å². The Bertz CT molecular complexity index is 325. The Morgan fingerprint density at radius 2 is 2.12 bits per heavy atom. The highest BCUT2D eigenvalue weighted by Crippen LogP contribution is 2.18. The summed E-state index contributed by atoms with van der Waals surface area (Å²) < 4.78 is 5.17. The molecule has 2 atom stereocenters. The lowest BCUT2D eigenvalue weighted by Crippen LogP contribution is -2.36.